The van der Waals surface area contributed by atoms with Crippen LogP contribution in [0.25, 0.3) is 11.2 Å². The molecule has 4 unspecified atom stereocenters. The summed E-state index contributed by atoms with van der Waals surface area (Å²) in [6.45, 7) is 4.12. The third kappa shape index (κ3) is 1.72. The lowest BCUT2D eigenvalue weighted by atomic mass is 9.95. The molecule has 2 aliphatic carbocycles. The van der Waals surface area contributed by atoms with Crippen molar-refractivity contribution in [3.05, 3.63) is 23.7 Å². The Morgan fingerprint density at radius 2 is 2.20 bits per heavy atom. The standard InChI is InChI=1S/C16H20ClN3/c1-9-5-6-18-16-14(9)19-15(10(2)17)20(16)13-8-11-3-4-12(13)7-11/h5-6,10-13H,3-4,7-8H2,1-2H3. The number of pyridine rings is 1. The van der Waals surface area contributed by atoms with E-state index in [2.05, 4.69) is 16.5 Å². The van der Waals surface area contributed by atoms with Crippen molar-refractivity contribution in [1.29, 1.82) is 0 Å². The minimum Gasteiger partial charge on any atom is -0.308 e. The van der Waals surface area contributed by atoms with Crippen LogP contribution in [0.1, 0.15) is 55.4 Å². The van der Waals surface area contributed by atoms with Gasteiger partial charge in [0.1, 0.15) is 11.3 Å². The summed E-state index contributed by atoms with van der Waals surface area (Å²) in [5, 5.41) is -0.0669. The van der Waals surface area contributed by atoms with Gasteiger partial charge >= 0.3 is 0 Å². The average molecular weight is 290 g/mol. The number of hydrogen-bond donors (Lipinski definition) is 0. The lowest BCUT2D eigenvalue weighted by Gasteiger charge is -2.25. The number of rotatable bonds is 2. The lowest BCUT2D eigenvalue weighted by molar-refractivity contribution is 0.328. The van der Waals surface area contributed by atoms with Crippen LogP contribution in [-0.4, -0.2) is 14.5 Å². The van der Waals surface area contributed by atoms with E-state index in [0.29, 0.717) is 6.04 Å². The molecule has 20 heavy (non-hydrogen) atoms. The molecule has 106 valence electrons. The number of aryl methyl sites for hydroxylation is 1. The first-order chi connectivity index (χ1) is 9.65. The number of aromatic nitrogens is 3. The molecule has 0 aliphatic heterocycles. The van der Waals surface area contributed by atoms with Gasteiger partial charge in [0.15, 0.2) is 5.65 Å². The van der Waals surface area contributed by atoms with Gasteiger partial charge in [0.2, 0.25) is 0 Å². The van der Waals surface area contributed by atoms with E-state index in [-0.39, 0.29) is 5.38 Å². The zero-order chi connectivity index (χ0) is 13.9. The predicted molar refractivity (Wildman–Crippen MR) is 81.0 cm³/mol. The van der Waals surface area contributed by atoms with Crippen molar-refractivity contribution in [2.24, 2.45) is 11.8 Å². The summed E-state index contributed by atoms with van der Waals surface area (Å²) in [6.07, 6.45) is 7.32. The van der Waals surface area contributed by atoms with E-state index in [9.17, 15) is 0 Å². The minimum absolute atomic E-state index is 0.0669. The molecule has 0 spiro atoms. The van der Waals surface area contributed by atoms with E-state index in [0.717, 1.165) is 28.8 Å². The van der Waals surface area contributed by atoms with Crippen LogP contribution in [0.5, 0.6) is 0 Å². The largest absolute Gasteiger partial charge is 0.308 e. The summed E-state index contributed by atoms with van der Waals surface area (Å²) >= 11 is 6.40. The van der Waals surface area contributed by atoms with Gasteiger partial charge in [0.05, 0.1) is 5.38 Å². The molecule has 2 aliphatic rings. The molecule has 0 saturated heterocycles. The molecule has 0 amide bonds. The quantitative estimate of drug-likeness (QED) is 0.767. The van der Waals surface area contributed by atoms with E-state index in [1.165, 1.54) is 31.2 Å². The van der Waals surface area contributed by atoms with Crippen molar-refractivity contribution in [1.82, 2.24) is 14.5 Å². The van der Waals surface area contributed by atoms with Crippen molar-refractivity contribution >= 4 is 22.8 Å². The van der Waals surface area contributed by atoms with Crippen LogP contribution in [0, 0.1) is 18.8 Å². The third-order valence-electron chi connectivity index (χ3n) is 5.20. The number of nitrogens with zero attached hydrogens (tertiary/aromatic N) is 3. The zero-order valence-electron chi connectivity index (χ0n) is 12.0. The predicted octanol–water partition coefficient (Wildman–Crippen LogP) is 4.40. The van der Waals surface area contributed by atoms with Crippen molar-refractivity contribution < 1.29 is 0 Å². The van der Waals surface area contributed by atoms with E-state index in [4.69, 9.17) is 16.6 Å². The van der Waals surface area contributed by atoms with Gasteiger partial charge in [-0.2, -0.15) is 0 Å². The van der Waals surface area contributed by atoms with Gasteiger partial charge in [-0.25, -0.2) is 9.97 Å². The highest BCUT2D eigenvalue weighted by atomic mass is 35.5. The highest BCUT2D eigenvalue weighted by molar-refractivity contribution is 6.20. The van der Waals surface area contributed by atoms with Crippen LogP contribution in [0.3, 0.4) is 0 Å². The van der Waals surface area contributed by atoms with Crippen molar-refractivity contribution in [2.45, 2.75) is 50.9 Å². The monoisotopic (exact) mass is 289 g/mol. The van der Waals surface area contributed by atoms with Crippen LogP contribution < -0.4 is 0 Å². The highest BCUT2D eigenvalue weighted by Crippen LogP contribution is 2.52. The second kappa shape index (κ2) is 4.45. The number of hydrogen-bond acceptors (Lipinski definition) is 2. The molecule has 2 heterocycles. The lowest BCUT2D eigenvalue weighted by Crippen LogP contribution is -2.19. The number of imidazole rings is 1. The molecule has 2 aromatic heterocycles. The Kier molecular flexibility index (Phi) is 2.81. The Morgan fingerprint density at radius 1 is 1.35 bits per heavy atom. The molecule has 2 aromatic rings. The Balaban J connectivity index is 1.92. The van der Waals surface area contributed by atoms with Crippen LogP contribution in [0.2, 0.25) is 0 Å². The van der Waals surface area contributed by atoms with E-state index >= 15 is 0 Å². The first-order valence-electron chi connectivity index (χ1n) is 7.62. The summed E-state index contributed by atoms with van der Waals surface area (Å²) in [6, 6.07) is 2.59. The summed E-state index contributed by atoms with van der Waals surface area (Å²) < 4.78 is 2.36. The second-order valence-corrected chi connectivity index (χ2v) is 7.15. The molecular weight excluding hydrogens is 270 g/mol. The topological polar surface area (TPSA) is 30.7 Å². The normalized spacial score (nSPS) is 30.2. The van der Waals surface area contributed by atoms with Gasteiger partial charge in [-0.1, -0.05) is 6.42 Å². The fourth-order valence-electron chi connectivity index (χ4n) is 4.26. The van der Waals surface area contributed by atoms with Crippen LogP contribution in [0.4, 0.5) is 0 Å². The molecule has 0 radical (unpaired) electrons. The molecule has 4 heteroatoms. The summed E-state index contributed by atoms with van der Waals surface area (Å²) in [5.41, 5.74) is 3.25. The number of halogens is 1. The molecular formula is C16H20ClN3. The smallest absolute Gasteiger partial charge is 0.160 e. The maximum Gasteiger partial charge on any atom is 0.160 e. The Labute approximate surface area is 124 Å². The summed E-state index contributed by atoms with van der Waals surface area (Å²) in [5.74, 6) is 2.71. The number of fused-ring (bicyclic) bond motifs is 3. The Morgan fingerprint density at radius 3 is 2.85 bits per heavy atom. The van der Waals surface area contributed by atoms with Gasteiger partial charge in [-0.05, 0) is 56.6 Å². The van der Waals surface area contributed by atoms with Crippen LogP contribution in [-0.2, 0) is 0 Å². The molecule has 0 aromatic carbocycles. The fraction of sp³-hybridized carbons (Fsp3) is 0.625. The molecule has 4 atom stereocenters. The van der Waals surface area contributed by atoms with Gasteiger partial charge in [0.25, 0.3) is 0 Å². The fourth-order valence-corrected chi connectivity index (χ4v) is 4.42. The van der Waals surface area contributed by atoms with E-state index < -0.39 is 0 Å². The summed E-state index contributed by atoms with van der Waals surface area (Å²) in [7, 11) is 0. The minimum atomic E-state index is -0.0669. The van der Waals surface area contributed by atoms with Crippen molar-refractivity contribution in [2.75, 3.05) is 0 Å². The molecule has 0 N–H and O–H groups in total. The molecule has 3 nitrogen and oxygen atoms in total. The highest BCUT2D eigenvalue weighted by Gasteiger charge is 2.42. The molecule has 2 fully saturated rings. The zero-order valence-corrected chi connectivity index (χ0v) is 12.8. The maximum atomic E-state index is 6.40. The van der Waals surface area contributed by atoms with Crippen LogP contribution >= 0.6 is 11.6 Å². The van der Waals surface area contributed by atoms with Gasteiger partial charge < -0.3 is 4.57 Å². The van der Waals surface area contributed by atoms with Gasteiger partial charge in [-0.3, -0.25) is 0 Å². The van der Waals surface area contributed by atoms with E-state index in [1.807, 2.05) is 19.2 Å². The second-order valence-electron chi connectivity index (χ2n) is 6.50. The molecule has 4 rings (SSSR count). The Bertz CT molecular complexity index is 661. The molecule has 2 saturated carbocycles. The first kappa shape index (κ1) is 12.6. The van der Waals surface area contributed by atoms with Gasteiger partial charge in [0, 0.05) is 12.2 Å². The molecule has 2 bridgehead atoms. The Hall–Kier alpha value is -1.09. The van der Waals surface area contributed by atoms with Crippen molar-refractivity contribution in [3.63, 3.8) is 0 Å². The van der Waals surface area contributed by atoms with Crippen molar-refractivity contribution in [3.8, 4) is 0 Å². The van der Waals surface area contributed by atoms with E-state index in [1.54, 1.807) is 0 Å². The van der Waals surface area contributed by atoms with Crippen LogP contribution in [0.15, 0.2) is 12.3 Å². The third-order valence-corrected chi connectivity index (χ3v) is 5.39. The first-order valence-corrected chi connectivity index (χ1v) is 8.06. The maximum absolute atomic E-state index is 6.40. The summed E-state index contributed by atoms with van der Waals surface area (Å²) in [4.78, 5) is 9.42. The number of alkyl halides is 1. The average Bonchev–Trinajstić information content (AvgIpc) is 3.11. The van der Waals surface area contributed by atoms with Gasteiger partial charge in [-0.15, -0.1) is 11.6 Å². The SMILES string of the molecule is Cc1ccnc2c1nc(C(C)Cl)n2C1CC2CCC1C2.